The zero-order valence-corrected chi connectivity index (χ0v) is 8.88. The van der Waals surface area contributed by atoms with Gasteiger partial charge < -0.3 is 4.52 Å². The second-order valence-corrected chi connectivity index (χ2v) is 3.55. The third kappa shape index (κ3) is 2.85. The molecule has 0 amide bonds. The molecule has 1 heterocycles. The molecular weight excluding hydrogens is 278 g/mol. The van der Waals surface area contributed by atoms with Crippen LogP contribution in [0, 0.1) is 0 Å². The molecule has 0 unspecified atom stereocenters. The number of hydrogen-bond acceptors (Lipinski definition) is 3. The van der Waals surface area contributed by atoms with Crippen molar-refractivity contribution < 1.29 is 30.9 Å². The van der Waals surface area contributed by atoms with E-state index in [1.54, 1.807) is 0 Å². The van der Waals surface area contributed by atoms with Crippen LogP contribution in [0.1, 0.15) is 11.1 Å². The summed E-state index contributed by atoms with van der Waals surface area (Å²) in [7, 11) is 0. The summed E-state index contributed by atoms with van der Waals surface area (Å²) in [6.45, 7) is 0. The van der Waals surface area contributed by atoms with E-state index < -0.39 is 29.0 Å². The second kappa shape index (κ2) is 4.25. The number of benzene rings is 1. The minimum absolute atomic E-state index is 0.0313. The monoisotopic (exact) mass is 282 g/mol. The van der Waals surface area contributed by atoms with Crippen LogP contribution in [-0.2, 0) is 12.4 Å². The summed E-state index contributed by atoms with van der Waals surface area (Å²) < 4.78 is 79.6. The lowest BCUT2D eigenvalue weighted by Crippen LogP contribution is -2.11. The van der Waals surface area contributed by atoms with Gasteiger partial charge in [0.1, 0.15) is 0 Å². The van der Waals surface area contributed by atoms with Crippen molar-refractivity contribution in [3.63, 3.8) is 0 Å². The summed E-state index contributed by atoms with van der Waals surface area (Å²) >= 11 is 0. The lowest BCUT2D eigenvalue weighted by atomic mass is 10.0. The van der Waals surface area contributed by atoms with E-state index in [1.807, 2.05) is 0 Å². The van der Waals surface area contributed by atoms with Gasteiger partial charge in [-0.2, -0.15) is 31.3 Å². The second-order valence-electron chi connectivity index (χ2n) is 3.55. The normalized spacial score (nSPS) is 12.7. The molecule has 0 aliphatic rings. The van der Waals surface area contributed by atoms with Gasteiger partial charge in [0.15, 0.2) is 0 Å². The van der Waals surface area contributed by atoms with Crippen LogP contribution in [0.25, 0.3) is 11.4 Å². The van der Waals surface area contributed by atoms with Gasteiger partial charge in [0.2, 0.25) is 12.2 Å². The van der Waals surface area contributed by atoms with Crippen molar-refractivity contribution in [1.29, 1.82) is 0 Å². The average Bonchev–Trinajstić information content (AvgIpc) is 2.79. The van der Waals surface area contributed by atoms with Crippen LogP contribution in [0.4, 0.5) is 26.3 Å². The number of halogens is 6. The fourth-order valence-corrected chi connectivity index (χ4v) is 1.38. The zero-order valence-electron chi connectivity index (χ0n) is 8.88. The minimum Gasteiger partial charge on any atom is -0.342 e. The maximum atomic E-state index is 12.5. The van der Waals surface area contributed by atoms with Gasteiger partial charge >= 0.3 is 12.4 Å². The van der Waals surface area contributed by atoms with Crippen LogP contribution in [0.5, 0.6) is 0 Å². The molecule has 0 aliphatic heterocycles. The number of aromatic nitrogens is 2. The van der Waals surface area contributed by atoms with E-state index in [2.05, 4.69) is 14.7 Å². The first kappa shape index (κ1) is 13.4. The van der Waals surface area contributed by atoms with Gasteiger partial charge in [0.05, 0.1) is 11.1 Å². The predicted octanol–water partition coefficient (Wildman–Crippen LogP) is 3.77. The van der Waals surface area contributed by atoms with E-state index in [9.17, 15) is 26.3 Å². The van der Waals surface area contributed by atoms with Crippen LogP contribution in [-0.4, -0.2) is 10.1 Å². The Balaban J connectivity index is 2.62. The molecule has 2 rings (SSSR count). The molecule has 0 atom stereocenters. The minimum atomic E-state index is -4.90. The highest BCUT2D eigenvalue weighted by molar-refractivity contribution is 5.57. The Bertz CT molecular complexity index is 540. The van der Waals surface area contributed by atoms with E-state index in [4.69, 9.17) is 0 Å². The quantitative estimate of drug-likeness (QED) is 0.747. The molecule has 0 radical (unpaired) electrons. The fraction of sp³-hybridized carbons (Fsp3) is 0.200. The van der Waals surface area contributed by atoms with Gasteiger partial charge in [-0.05, 0) is 18.2 Å². The summed E-state index contributed by atoms with van der Waals surface area (Å²) in [5.74, 6) is -0.350. The van der Waals surface area contributed by atoms with E-state index in [1.165, 1.54) is 0 Å². The number of alkyl halides is 6. The van der Waals surface area contributed by atoms with E-state index in [0.717, 1.165) is 6.39 Å². The Labute approximate surface area is 101 Å². The molecule has 0 spiro atoms. The largest absolute Gasteiger partial charge is 0.416 e. The van der Waals surface area contributed by atoms with Crippen molar-refractivity contribution in [2.45, 2.75) is 12.4 Å². The fourth-order valence-electron chi connectivity index (χ4n) is 1.38. The van der Waals surface area contributed by atoms with Crippen molar-refractivity contribution in [1.82, 2.24) is 10.1 Å². The SMILES string of the molecule is FC(F)(F)c1cc(-c2ncon2)cc(C(F)(F)F)c1. The highest BCUT2D eigenvalue weighted by Crippen LogP contribution is 2.37. The molecule has 0 aliphatic carbocycles. The molecule has 0 bridgehead atoms. The van der Waals surface area contributed by atoms with Crippen molar-refractivity contribution in [3.8, 4) is 11.4 Å². The molecule has 19 heavy (non-hydrogen) atoms. The first-order chi connectivity index (χ1) is 8.68. The predicted molar refractivity (Wildman–Crippen MR) is 49.7 cm³/mol. The first-order valence-electron chi connectivity index (χ1n) is 4.74. The summed E-state index contributed by atoms with van der Waals surface area (Å²) in [4.78, 5) is 3.42. The summed E-state index contributed by atoms with van der Waals surface area (Å²) in [6, 6.07) is 1.09. The Kier molecular flexibility index (Phi) is 2.99. The van der Waals surface area contributed by atoms with Crippen molar-refractivity contribution >= 4 is 0 Å². The molecule has 2 aromatic rings. The zero-order chi connectivity index (χ0) is 14.3. The van der Waals surface area contributed by atoms with E-state index >= 15 is 0 Å². The Hall–Kier alpha value is -2.06. The lowest BCUT2D eigenvalue weighted by molar-refractivity contribution is -0.143. The lowest BCUT2D eigenvalue weighted by Gasteiger charge is -2.12. The van der Waals surface area contributed by atoms with Crippen LogP contribution < -0.4 is 0 Å². The smallest absolute Gasteiger partial charge is 0.342 e. The van der Waals surface area contributed by atoms with Crippen LogP contribution in [0.2, 0.25) is 0 Å². The number of nitrogens with zero attached hydrogens (tertiary/aromatic N) is 2. The average molecular weight is 282 g/mol. The van der Waals surface area contributed by atoms with Crippen molar-refractivity contribution in [3.05, 3.63) is 35.7 Å². The maximum Gasteiger partial charge on any atom is 0.416 e. The standard InChI is InChI=1S/C10H4F6N2O/c11-9(12,13)6-1-5(8-17-4-19-18-8)2-7(3-6)10(14,15)16/h1-4H. The molecule has 0 saturated carbocycles. The van der Waals surface area contributed by atoms with Crippen LogP contribution in [0.3, 0.4) is 0 Å². The van der Waals surface area contributed by atoms with Gasteiger partial charge in [0, 0.05) is 5.56 Å². The van der Waals surface area contributed by atoms with Crippen molar-refractivity contribution in [2.75, 3.05) is 0 Å². The highest BCUT2D eigenvalue weighted by Gasteiger charge is 2.37. The molecule has 9 heteroatoms. The topological polar surface area (TPSA) is 38.9 Å². The molecule has 3 nitrogen and oxygen atoms in total. The Morgan fingerprint density at radius 1 is 0.842 bits per heavy atom. The van der Waals surface area contributed by atoms with E-state index in [0.29, 0.717) is 12.1 Å². The molecule has 0 fully saturated rings. The highest BCUT2D eigenvalue weighted by atomic mass is 19.4. The molecule has 1 aromatic heterocycles. The molecule has 0 N–H and O–H groups in total. The molecule has 102 valence electrons. The third-order valence-electron chi connectivity index (χ3n) is 2.21. The Morgan fingerprint density at radius 3 is 1.74 bits per heavy atom. The third-order valence-corrected chi connectivity index (χ3v) is 2.21. The Morgan fingerprint density at radius 2 is 1.37 bits per heavy atom. The molecule has 1 aromatic carbocycles. The van der Waals surface area contributed by atoms with Crippen LogP contribution >= 0.6 is 0 Å². The molecule has 0 saturated heterocycles. The van der Waals surface area contributed by atoms with Gasteiger partial charge in [-0.1, -0.05) is 5.16 Å². The van der Waals surface area contributed by atoms with Gasteiger partial charge in [-0.25, -0.2) is 0 Å². The molecular formula is C10H4F6N2O. The number of hydrogen-bond donors (Lipinski definition) is 0. The van der Waals surface area contributed by atoms with Gasteiger partial charge in [-0.15, -0.1) is 0 Å². The van der Waals surface area contributed by atoms with Gasteiger partial charge in [0.25, 0.3) is 0 Å². The summed E-state index contributed by atoms with van der Waals surface area (Å²) in [6.07, 6.45) is -9.00. The summed E-state index contributed by atoms with van der Waals surface area (Å²) in [5.41, 5.74) is -3.28. The summed E-state index contributed by atoms with van der Waals surface area (Å²) in [5, 5.41) is 3.21. The van der Waals surface area contributed by atoms with Crippen LogP contribution in [0.15, 0.2) is 29.1 Å². The van der Waals surface area contributed by atoms with E-state index in [-0.39, 0.29) is 11.9 Å². The first-order valence-corrected chi connectivity index (χ1v) is 4.74. The maximum absolute atomic E-state index is 12.5. The van der Waals surface area contributed by atoms with Gasteiger partial charge in [-0.3, -0.25) is 0 Å². The number of rotatable bonds is 1. The van der Waals surface area contributed by atoms with Crippen molar-refractivity contribution in [2.24, 2.45) is 0 Å².